The van der Waals surface area contributed by atoms with Gasteiger partial charge in [0.25, 0.3) is 0 Å². The number of thiophene rings is 1. The van der Waals surface area contributed by atoms with Crippen LogP contribution in [0.1, 0.15) is 17.5 Å². The first-order valence-electron chi connectivity index (χ1n) is 4.58. The smallest absolute Gasteiger partial charge is 0.177 e. The molecular formula is C10H12N2OS. The molecule has 0 saturated carbocycles. The number of aryl methyl sites for hydroxylation is 1. The zero-order valence-electron chi connectivity index (χ0n) is 7.99. The van der Waals surface area contributed by atoms with Crippen LogP contribution in [0.4, 0.5) is 0 Å². The Bertz CT molecular complexity index is 379. The van der Waals surface area contributed by atoms with Gasteiger partial charge in [-0.05, 0) is 18.6 Å². The van der Waals surface area contributed by atoms with Crippen molar-refractivity contribution in [2.75, 3.05) is 0 Å². The molecule has 0 aromatic carbocycles. The second-order valence-corrected chi connectivity index (χ2v) is 4.17. The minimum Gasteiger partial charge on any atom is -0.355 e. The molecule has 0 aliphatic rings. The Morgan fingerprint density at radius 3 is 2.93 bits per heavy atom. The summed E-state index contributed by atoms with van der Waals surface area (Å²) >= 11 is 1.74. The molecule has 0 aliphatic carbocycles. The lowest BCUT2D eigenvalue weighted by Gasteiger charge is -1.86. The van der Waals surface area contributed by atoms with Crippen LogP contribution in [0.15, 0.2) is 22.7 Å². The topological polar surface area (TPSA) is 52.0 Å². The summed E-state index contributed by atoms with van der Waals surface area (Å²) in [7, 11) is 0. The predicted molar refractivity (Wildman–Crippen MR) is 57.1 cm³/mol. The third kappa shape index (κ3) is 1.71. The molecule has 0 saturated heterocycles. The maximum absolute atomic E-state index is 5.45. The molecule has 14 heavy (non-hydrogen) atoms. The van der Waals surface area contributed by atoms with Crippen molar-refractivity contribution in [1.82, 2.24) is 5.16 Å². The summed E-state index contributed by atoms with van der Waals surface area (Å²) in [4.78, 5) is 2.47. The molecule has 0 aliphatic heterocycles. The van der Waals surface area contributed by atoms with Crippen molar-refractivity contribution >= 4 is 11.3 Å². The van der Waals surface area contributed by atoms with E-state index < -0.39 is 0 Å². The summed E-state index contributed by atoms with van der Waals surface area (Å²) < 4.78 is 5.18. The SMILES string of the molecule is CCc1ccc(-c2cc(CN)no2)s1. The zero-order chi connectivity index (χ0) is 9.97. The van der Waals surface area contributed by atoms with Gasteiger partial charge in [0, 0.05) is 17.5 Å². The third-order valence-corrected chi connectivity index (χ3v) is 3.27. The van der Waals surface area contributed by atoms with E-state index in [-0.39, 0.29) is 0 Å². The molecule has 4 heteroatoms. The Morgan fingerprint density at radius 1 is 1.50 bits per heavy atom. The van der Waals surface area contributed by atoms with E-state index in [4.69, 9.17) is 10.3 Å². The monoisotopic (exact) mass is 208 g/mol. The Balaban J connectivity index is 2.29. The summed E-state index contributed by atoms with van der Waals surface area (Å²) in [5, 5.41) is 3.85. The summed E-state index contributed by atoms with van der Waals surface area (Å²) in [6.07, 6.45) is 1.06. The molecule has 0 bridgehead atoms. The number of rotatable bonds is 3. The van der Waals surface area contributed by atoms with Crippen molar-refractivity contribution in [2.24, 2.45) is 5.73 Å². The minimum absolute atomic E-state index is 0.426. The number of nitrogens with two attached hydrogens (primary N) is 1. The zero-order valence-corrected chi connectivity index (χ0v) is 8.80. The highest BCUT2D eigenvalue weighted by Gasteiger charge is 2.07. The molecular weight excluding hydrogens is 196 g/mol. The van der Waals surface area contributed by atoms with Gasteiger partial charge in [-0.15, -0.1) is 11.3 Å². The summed E-state index contributed by atoms with van der Waals surface area (Å²) in [6.45, 7) is 2.57. The van der Waals surface area contributed by atoms with E-state index in [0.29, 0.717) is 6.54 Å². The Kier molecular flexibility index (Phi) is 2.65. The fraction of sp³-hybridized carbons (Fsp3) is 0.300. The molecule has 0 atom stereocenters. The highest BCUT2D eigenvalue weighted by molar-refractivity contribution is 7.15. The van der Waals surface area contributed by atoms with Crippen molar-refractivity contribution in [1.29, 1.82) is 0 Å². The molecule has 0 unspecified atom stereocenters. The summed E-state index contributed by atoms with van der Waals surface area (Å²) in [5.41, 5.74) is 6.25. The molecule has 3 nitrogen and oxygen atoms in total. The summed E-state index contributed by atoms with van der Waals surface area (Å²) in [6, 6.07) is 6.07. The lowest BCUT2D eigenvalue weighted by molar-refractivity contribution is 0.424. The normalized spacial score (nSPS) is 10.7. The van der Waals surface area contributed by atoms with Crippen LogP contribution in [-0.4, -0.2) is 5.16 Å². The first-order chi connectivity index (χ1) is 6.83. The number of hydrogen-bond donors (Lipinski definition) is 1. The molecule has 2 N–H and O–H groups in total. The molecule has 2 aromatic rings. The van der Waals surface area contributed by atoms with Gasteiger partial charge in [-0.3, -0.25) is 0 Å². The standard InChI is InChI=1S/C10H12N2OS/c1-2-8-3-4-10(14-8)9-5-7(6-11)12-13-9/h3-5H,2,6,11H2,1H3. The van der Waals surface area contributed by atoms with Crippen molar-refractivity contribution in [3.05, 3.63) is 28.8 Å². The second kappa shape index (κ2) is 3.94. The van der Waals surface area contributed by atoms with Crippen LogP contribution in [0, 0.1) is 0 Å². The molecule has 2 aromatic heterocycles. The van der Waals surface area contributed by atoms with Gasteiger partial charge < -0.3 is 10.3 Å². The molecule has 2 rings (SSSR count). The average molecular weight is 208 g/mol. The van der Waals surface area contributed by atoms with Gasteiger partial charge in [-0.1, -0.05) is 12.1 Å². The van der Waals surface area contributed by atoms with E-state index >= 15 is 0 Å². The van der Waals surface area contributed by atoms with Crippen LogP contribution in [0.5, 0.6) is 0 Å². The van der Waals surface area contributed by atoms with Crippen LogP contribution in [0.2, 0.25) is 0 Å². The van der Waals surface area contributed by atoms with E-state index in [1.54, 1.807) is 11.3 Å². The van der Waals surface area contributed by atoms with Crippen LogP contribution >= 0.6 is 11.3 Å². The van der Waals surface area contributed by atoms with Gasteiger partial charge >= 0.3 is 0 Å². The second-order valence-electron chi connectivity index (χ2n) is 3.01. The summed E-state index contributed by atoms with van der Waals surface area (Å²) in [5.74, 6) is 0.815. The highest BCUT2D eigenvalue weighted by Crippen LogP contribution is 2.28. The van der Waals surface area contributed by atoms with E-state index in [1.807, 2.05) is 6.07 Å². The number of aromatic nitrogens is 1. The Labute approximate surface area is 86.5 Å². The first-order valence-corrected chi connectivity index (χ1v) is 5.40. The lowest BCUT2D eigenvalue weighted by Crippen LogP contribution is -1.94. The van der Waals surface area contributed by atoms with Crippen molar-refractivity contribution in [3.63, 3.8) is 0 Å². The van der Waals surface area contributed by atoms with Crippen molar-refractivity contribution in [3.8, 4) is 10.6 Å². The van der Waals surface area contributed by atoms with Crippen LogP contribution < -0.4 is 5.73 Å². The van der Waals surface area contributed by atoms with Gasteiger partial charge in [-0.25, -0.2) is 0 Å². The quantitative estimate of drug-likeness (QED) is 0.842. The molecule has 2 heterocycles. The molecule has 0 spiro atoms. The third-order valence-electron chi connectivity index (χ3n) is 2.02. The van der Waals surface area contributed by atoms with E-state index in [1.165, 1.54) is 4.88 Å². The van der Waals surface area contributed by atoms with Gasteiger partial charge in [0.05, 0.1) is 10.6 Å². The fourth-order valence-corrected chi connectivity index (χ4v) is 2.12. The highest BCUT2D eigenvalue weighted by atomic mass is 32.1. The minimum atomic E-state index is 0.426. The van der Waals surface area contributed by atoms with Gasteiger partial charge in [0.15, 0.2) is 5.76 Å². The van der Waals surface area contributed by atoms with Crippen molar-refractivity contribution in [2.45, 2.75) is 19.9 Å². The van der Waals surface area contributed by atoms with Gasteiger partial charge in [0.2, 0.25) is 0 Å². The van der Waals surface area contributed by atoms with E-state index in [9.17, 15) is 0 Å². The number of nitrogens with zero attached hydrogens (tertiary/aromatic N) is 1. The molecule has 0 radical (unpaired) electrons. The van der Waals surface area contributed by atoms with Crippen molar-refractivity contribution < 1.29 is 4.52 Å². The fourth-order valence-electron chi connectivity index (χ4n) is 1.22. The Morgan fingerprint density at radius 2 is 2.36 bits per heavy atom. The molecule has 0 fully saturated rings. The largest absolute Gasteiger partial charge is 0.355 e. The first kappa shape index (κ1) is 9.43. The maximum atomic E-state index is 5.45. The van der Waals surface area contributed by atoms with Gasteiger partial charge in [0.1, 0.15) is 0 Å². The number of hydrogen-bond acceptors (Lipinski definition) is 4. The van der Waals surface area contributed by atoms with Crippen LogP contribution in [0.25, 0.3) is 10.6 Å². The maximum Gasteiger partial charge on any atom is 0.177 e. The molecule has 0 amide bonds. The lowest BCUT2D eigenvalue weighted by atomic mass is 10.3. The van der Waals surface area contributed by atoms with Gasteiger partial charge in [-0.2, -0.15) is 0 Å². The van der Waals surface area contributed by atoms with Crippen LogP contribution in [-0.2, 0) is 13.0 Å². The predicted octanol–water partition coefficient (Wildman–Crippen LogP) is 2.42. The van der Waals surface area contributed by atoms with E-state index in [2.05, 4.69) is 24.2 Å². The van der Waals surface area contributed by atoms with E-state index in [0.717, 1.165) is 22.8 Å². The Hall–Kier alpha value is -1.13. The van der Waals surface area contributed by atoms with Crippen LogP contribution in [0.3, 0.4) is 0 Å². The average Bonchev–Trinajstić information content (AvgIpc) is 2.86. The molecule has 74 valence electrons.